The Morgan fingerprint density at radius 3 is 2.17 bits per heavy atom. The van der Waals surface area contributed by atoms with E-state index in [-0.39, 0.29) is 17.4 Å². The molecular weight excluding hydrogens is 360 g/mol. The van der Waals surface area contributed by atoms with E-state index in [1.807, 2.05) is 53.4 Å². The molecule has 0 unspecified atom stereocenters. The minimum absolute atomic E-state index is 0.00936. The fraction of sp³-hybridized carbons (Fsp3) is 0.440. The van der Waals surface area contributed by atoms with Gasteiger partial charge in [-0.1, -0.05) is 61.4 Å². The van der Waals surface area contributed by atoms with Crippen molar-refractivity contribution in [1.29, 1.82) is 0 Å². The second kappa shape index (κ2) is 8.81. The van der Waals surface area contributed by atoms with Crippen LogP contribution in [0.5, 0.6) is 0 Å². The van der Waals surface area contributed by atoms with Crippen molar-refractivity contribution in [2.24, 2.45) is 5.92 Å². The molecule has 1 aliphatic carbocycles. The molecule has 1 saturated carbocycles. The van der Waals surface area contributed by atoms with E-state index in [1.165, 1.54) is 18.4 Å². The first-order valence-electron chi connectivity index (χ1n) is 10.8. The highest BCUT2D eigenvalue weighted by Gasteiger charge is 2.41. The molecule has 0 radical (unpaired) electrons. The third-order valence-corrected chi connectivity index (χ3v) is 6.33. The number of hydrogen-bond acceptors (Lipinski definition) is 2. The van der Waals surface area contributed by atoms with Gasteiger partial charge in [-0.15, -0.1) is 0 Å². The molecule has 1 aliphatic heterocycles. The molecule has 29 heavy (non-hydrogen) atoms. The van der Waals surface area contributed by atoms with Crippen LogP contribution >= 0.6 is 0 Å². The highest BCUT2D eigenvalue weighted by Crippen LogP contribution is 2.40. The van der Waals surface area contributed by atoms with Gasteiger partial charge in [0.15, 0.2) is 0 Å². The van der Waals surface area contributed by atoms with E-state index in [2.05, 4.69) is 17.4 Å². The van der Waals surface area contributed by atoms with Gasteiger partial charge in [-0.3, -0.25) is 9.59 Å². The highest BCUT2D eigenvalue weighted by molar-refractivity contribution is 5.94. The molecule has 4 heteroatoms. The lowest BCUT2D eigenvalue weighted by Gasteiger charge is -2.43. The number of rotatable bonds is 7. The van der Waals surface area contributed by atoms with Crippen LogP contribution in [0.2, 0.25) is 0 Å². The summed E-state index contributed by atoms with van der Waals surface area (Å²) in [7, 11) is 0. The van der Waals surface area contributed by atoms with Gasteiger partial charge in [-0.2, -0.15) is 0 Å². The first-order valence-corrected chi connectivity index (χ1v) is 10.8. The Hall–Kier alpha value is -2.62. The predicted molar refractivity (Wildman–Crippen MR) is 115 cm³/mol. The van der Waals surface area contributed by atoms with E-state index in [0.717, 1.165) is 44.7 Å². The van der Waals surface area contributed by atoms with Gasteiger partial charge in [-0.05, 0) is 49.3 Å². The van der Waals surface area contributed by atoms with Crippen LogP contribution in [-0.2, 0) is 11.2 Å². The van der Waals surface area contributed by atoms with Gasteiger partial charge in [-0.25, -0.2) is 0 Å². The Balaban J connectivity index is 1.34. The minimum Gasteiger partial charge on any atom is -0.346 e. The summed E-state index contributed by atoms with van der Waals surface area (Å²) in [5, 5.41) is 3.36. The fourth-order valence-corrected chi connectivity index (χ4v) is 4.40. The van der Waals surface area contributed by atoms with Gasteiger partial charge in [0.25, 0.3) is 5.91 Å². The van der Waals surface area contributed by atoms with Crippen molar-refractivity contribution in [3.05, 3.63) is 71.8 Å². The number of piperidine rings is 1. The maximum Gasteiger partial charge on any atom is 0.251 e. The van der Waals surface area contributed by atoms with Crippen molar-refractivity contribution in [2.45, 2.75) is 50.5 Å². The van der Waals surface area contributed by atoms with Crippen LogP contribution in [-0.4, -0.2) is 35.3 Å². The molecule has 1 N–H and O–H groups in total. The molecule has 1 heterocycles. The number of likely N-dealkylation sites (tertiary alicyclic amines) is 1. The van der Waals surface area contributed by atoms with E-state index in [9.17, 15) is 9.59 Å². The van der Waals surface area contributed by atoms with E-state index in [0.29, 0.717) is 12.0 Å². The molecule has 0 atom stereocenters. The van der Waals surface area contributed by atoms with Crippen LogP contribution in [0.3, 0.4) is 0 Å². The van der Waals surface area contributed by atoms with Crippen LogP contribution in [0.25, 0.3) is 0 Å². The Bertz CT molecular complexity index is 822. The van der Waals surface area contributed by atoms with E-state index < -0.39 is 0 Å². The second-order valence-corrected chi connectivity index (χ2v) is 8.61. The molecule has 0 spiro atoms. The molecule has 0 bridgehead atoms. The molecule has 0 aromatic heterocycles. The summed E-state index contributed by atoms with van der Waals surface area (Å²) in [5.41, 5.74) is 1.74. The minimum atomic E-state index is -0.176. The smallest absolute Gasteiger partial charge is 0.251 e. The average molecular weight is 391 g/mol. The third-order valence-electron chi connectivity index (χ3n) is 6.33. The number of benzene rings is 2. The molecule has 152 valence electrons. The zero-order chi connectivity index (χ0) is 20.1. The zero-order valence-electron chi connectivity index (χ0n) is 17.0. The topological polar surface area (TPSA) is 49.4 Å². The van der Waals surface area contributed by atoms with Crippen LogP contribution in [0, 0.1) is 5.92 Å². The molecule has 2 fully saturated rings. The number of hydrogen-bond donors (Lipinski definition) is 1. The summed E-state index contributed by atoms with van der Waals surface area (Å²) in [6, 6.07) is 19.6. The summed E-state index contributed by atoms with van der Waals surface area (Å²) in [4.78, 5) is 27.5. The van der Waals surface area contributed by atoms with Crippen molar-refractivity contribution in [3.63, 3.8) is 0 Å². The van der Waals surface area contributed by atoms with Crippen molar-refractivity contribution < 1.29 is 9.59 Å². The fourth-order valence-electron chi connectivity index (χ4n) is 4.40. The molecule has 4 nitrogen and oxygen atoms in total. The SMILES string of the molecule is O=C(NC1(CC2CC2)CCN(C(=O)CCc2ccccc2)CC1)c1ccccc1. The van der Waals surface area contributed by atoms with E-state index in [1.54, 1.807) is 0 Å². The van der Waals surface area contributed by atoms with Crippen LogP contribution in [0.15, 0.2) is 60.7 Å². The standard InChI is InChI=1S/C25H30N2O2/c28-23(14-13-20-7-3-1-4-8-20)27-17-15-25(16-18-27,19-21-11-12-21)26-24(29)22-9-5-2-6-10-22/h1-10,21H,11-19H2,(H,26,29). The van der Waals surface area contributed by atoms with Crippen LogP contribution in [0.1, 0.15) is 54.4 Å². The van der Waals surface area contributed by atoms with Crippen molar-refractivity contribution >= 4 is 11.8 Å². The first kappa shape index (κ1) is 19.7. The summed E-state index contributed by atoms with van der Waals surface area (Å²) in [5.74, 6) is 0.963. The van der Waals surface area contributed by atoms with Crippen molar-refractivity contribution in [3.8, 4) is 0 Å². The van der Waals surface area contributed by atoms with Gasteiger partial charge in [0.05, 0.1) is 0 Å². The van der Waals surface area contributed by atoms with Gasteiger partial charge in [0.2, 0.25) is 5.91 Å². The summed E-state index contributed by atoms with van der Waals surface area (Å²) < 4.78 is 0. The zero-order valence-corrected chi connectivity index (χ0v) is 17.0. The number of aryl methyl sites for hydroxylation is 1. The van der Waals surface area contributed by atoms with Crippen molar-refractivity contribution in [1.82, 2.24) is 10.2 Å². The molecular formula is C25H30N2O2. The maximum absolute atomic E-state index is 12.8. The number of nitrogens with zero attached hydrogens (tertiary/aromatic N) is 1. The van der Waals surface area contributed by atoms with Crippen LogP contribution in [0.4, 0.5) is 0 Å². The number of nitrogens with one attached hydrogen (secondary N) is 1. The Kier molecular flexibility index (Phi) is 5.98. The Morgan fingerprint density at radius 2 is 1.55 bits per heavy atom. The monoisotopic (exact) mass is 390 g/mol. The average Bonchev–Trinajstić information content (AvgIpc) is 3.57. The van der Waals surface area contributed by atoms with Gasteiger partial charge >= 0.3 is 0 Å². The van der Waals surface area contributed by atoms with Crippen LogP contribution < -0.4 is 5.32 Å². The highest BCUT2D eigenvalue weighted by atomic mass is 16.2. The normalized spacial score (nSPS) is 18.3. The first-order chi connectivity index (χ1) is 14.1. The number of carbonyl (C=O) groups excluding carboxylic acids is 2. The third kappa shape index (κ3) is 5.26. The van der Waals surface area contributed by atoms with E-state index >= 15 is 0 Å². The number of carbonyl (C=O) groups is 2. The quantitative estimate of drug-likeness (QED) is 0.770. The molecule has 1 saturated heterocycles. The lowest BCUT2D eigenvalue weighted by Crippen LogP contribution is -2.56. The number of amides is 2. The van der Waals surface area contributed by atoms with E-state index in [4.69, 9.17) is 0 Å². The Labute approximate surface area is 173 Å². The summed E-state index contributed by atoms with van der Waals surface area (Å²) in [6.07, 6.45) is 6.60. The lowest BCUT2D eigenvalue weighted by molar-refractivity contribution is -0.132. The second-order valence-electron chi connectivity index (χ2n) is 8.61. The van der Waals surface area contributed by atoms with Gasteiger partial charge in [0, 0.05) is 30.6 Å². The molecule has 2 aromatic carbocycles. The molecule has 2 amide bonds. The largest absolute Gasteiger partial charge is 0.346 e. The van der Waals surface area contributed by atoms with Gasteiger partial charge in [0.1, 0.15) is 0 Å². The maximum atomic E-state index is 12.8. The molecule has 2 aromatic rings. The van der Waals surface area contributed by atoms with Crippen molar-refractivity contribution in [2.75, 3.05) is 13.1 Å². The Morgan fingerprint density at radius 1 is 0.931 bits per heavy atom. The van der Waals surface area contributed by atoms with Gasteiger partial charge < -0.3 is 10.2 Å². The predicted octanol–water partition coefficient (Wildman–Crippen LogP) is 4.21. The lowest BCUT2D eigenvalue weighted by atomic mass is 9.82. The molecule has 2 aliphatic rings. The molecule has 4 rings (SSSR count). The summed E-state index contributed by atoms with van der Waals surface area (Å²) in [6.45, 7) is 1.46. The summed E-state index contributed by atoms with van der Waals surface area (Å²) >= 11 is 0.